The van der Waals surface area contributed by atoms with Crippen molar-refractivity contribution in [2.24, 2.45) is 4.74 Å². The van der Waals surface area contributed by atoms with Gasteiger partial charge >= 0.3 is 0 Å². The molecule has 0 spiro atoms. The summed E-state index contributed by atoms with van der Waals surface area (Å²) in [6.07, 6.45) is 0.924. The molecule has 0 N–H and O–H groups in total. The fourth-order valence-electron chi connectivity index (χ4n) is 3.66. The molecule has 3 aromatic rings. The molecule has 28 heavy (non-hydrogen) atoms. The van der Waals surface area contributed by atoms with Crippen LogP contribution >= 0.6 is 18.8 Å². The molecule has 0 saturated heterocycles. The van der Waals surface area contributed by atoms with Crippen LogP contribution in [0.5, 0.6) is 0 Å². The van der Waals surface area contributed by atoms with E-state index in [1.165, 1.54) is 5.30 Å². The van der Waals surface area contributed by atoms with Crippen molar-refractivity contribution in [3.63, 3.8) is 0 Å². The standard InChI is InChI=1S/C22H28ClN4P/c1-7-28(26(5)6,25-19-14-13-16(2)21(23)15-19)22-17(3)24-27(18(22)4)20-11-9-8-10-12-20/h8-15H,7H2,1-6H3/t28-/m0/s1. The van der Waals surface area contributed by atoms with Crippen LogP contribution in [0.1, 0.15) is 23.9 Å². The van der Waals surface area contributed by atoms with Crippen molar-refractivity contribution in [1.29, 1.82) is 0 Å². The number of halogens is 1. The molecule has 0 bridgehead atoms. The maximum atomic E-state index is 6.38. The Morgan fingerprint density at radius 3 is 2.32 bits per heavy atom. The predicted octanol–water partition coefficient (Wildman–Crippen LogP) is 6.11. The molecule has 1 heterocycles. The van der Waals surface area contributed by atoms with Gasteiger partial charge in [0.05, 0.1) is 35.3 Å². The number of para-hydroxylation sites is 1. The first-order valence-corrected chi connectivity index (χ1v) is 11.7. The van der Waals surface area contributed by atoms with Crippen LogP contribution in [-0.4, -0.2) is 34.7 Å². The monoisotopic (exact) mass is 414 g/mol. The molecule has 4 nitrogen and oxygen atoms in total. The van der Waals surface area contributed by atoms with E-state index in [0.29, 0.717) is 0 Å². The lowest BCUT2D eigenvalue weighted by Crippen LogP contribution is -2.23. The van der Waals surface area contributed by atoms with Gasteiger partial charge in [-0.3, -0.25) is 4.67 Å². The van der Waals surface area contributed by atoms with Gasteiger partial charge in [0.1, 0.15) is 0 Å². The fraction of sp³-hybridized carbons (Fsp3) is 0.318. The first-order valence-electron chi connectivity index (χ1n) is 9.47. The van der Waals surface area contributed by atoms with E-state index in [1.807, 2.05) is 41.9 Å². The second kappa shape index (κ2) is 8.24. The Kier molecular flexibility index (Phi) is 6.14. The van der Waals surface area contributed by atoms with Crippen LogP contribution in [0, 0.1) is 20.8 Å². The van der Waals surface area contributed by atoms with Gasteiger partial charge in [-0.05, 0) is 70.9 Å². The SMILES string of the molecule is CC[P@@](=Nc1ccc(C)c(Cl)c1)(c1c(C)nn(-c2ccccc2)c1C)N(C)C. The number of aromatic nitrogens is 2. The van der Waals surface area contributed by atoms with Crippen LogP contribution in [0.15, 0.2) is 53.3 Å². The Morgan fingerprint density at radius 1 is 1.07 bits per heavy atom. The van der Waals surface area contributed by atoms with Gasteiger partial charge in [0, 0.05) is 5.02 Å². The Bertz CT molecular complexity index is 1040. The third-order valence-corrected chi connectivity index (χ3v) is 9.69. The first-order chi connectivity index (χ1) is 13.3. The number of hydrogen-bond donors (Lipinski definition) is 0. The third kappa shape index (κ3) is 3.69. The predicted molar refractivity (Wildman–Crippen MR) is 122 cm³/mol. The zero-order valence-electron chi connectivity index (χ0n) is 17.4. The molecule has 0 amide bonds. The average Bonchev–Trinajstić information content (AvgIpc) is 2.98. The van der Waals surface area contributed by atoms with Crippen molar-refractivity contribution in [2.45, 2.75) is 27.7 Å². The van der Waals surface area contributed by atoms with E-state index in [4.69, 9.17) is 21.4 Å². The summed E-state index contributed by atoms with van der Waals surface area (Å²) in [6.45, 7) is 8.46. The summed E-state index contributed by atoms with van der Waals surface area (Å²) in [7, 11) is 2.22. The molecule has 3 rings (SSSR count). The minimum absolute atomic E-state index is 0.752. The molecule has 1 atom stereocenters. The van der Waals surface area contributed by atoms with Crippen molar-refractivity contribution in [3.8, 4) is 5.69 Å². The van der Waals surface area contributed by atoms with Gasteiger partial charge in [0.25, 0.3) is 0 Å². The fourth-order valence-corrected chi connectivity index (χ4v) is 7.22. The molecule has 1 aromatic heterocycles. The lowest BCUT2D eigenvalue weighted by Gasteiger charge is -2.31. The molecule has 0 aliphatic rings. The topological polar surface area (TPSA) is 33.4 Å². The number of rotatable bonds is 5. The van der Waals surface area contributed by atoms with Gasteiger partial charge in [-0.2, -0.15) is 5.10 Å². The smallest absolute Gasteiger partial charge is 0.0704 e. The van der Waals surface area contributed by atoms with Crippen molar-refractivity contribution in [3.05, 3.63) is 70.5 Å². The summed E-state index contributed by atoms with van der Waals surface area (Å²) in [4.78, 5) is 0. The maximum Gasteiger partial charge on any atom is 0.0704 e. The van der Waals surface area contributed by atoms with E-state index in [0.717, 1.165) is 39.5 Å². The zero-order chi connectivity index (χ0) is 20.5. The van der Waals surface area contributed by atoms with E-state index in [9.17, 15) is 0 Å². The van der Waals surface area contributed by atoms with Crippen LogP contribution in [0.2, 0.25) is 5.02 Å². The van der Waals surface area contributed by atoms with Gasteiger partial charge in [-0.25, -0.2) is 9.43 Å². The highest BCUT2D eigenvalue weighted by Gasteiger charge is 2.30. The number of aryl methyl sites for hydroxylation is 2. The summed E-state index contributed by atoms with van der Waals surface area (Å²) in [5, 5.41) is 6.88. The van der Waals surface area contributed by atoms with Crippen molar-refractivity contribution < 1.29 is 0 Å². The Balaban J connectivity index is 2.28. The van der Waals surface area contributed by atoms with E-state index >= 15 is 0 Å². The van der Waals surface area contributed by atoms with Gasteiger partial charge in [0.2, 0.25) is 0 Å². The second-order valence-corrected chi connectivity index (χ2v) is 11.1. The van der Waals surface area contributed by atoms with E-state index in [2.05, 4.69) is 57.7 Å². The average molecular weight is 415 g/mol. The highest BCUT2D eigenvalue weighted by atomic mass is 35.5. The van der Waals surface area contributed by atoms with Gasteiger partial charge in [-0.15, -0.1) is 0 Å². The second-order valence-electron chi connectivity index (χ2n) is 7.19. The molecule has 0 radical (unpaired) electrons. The molecule has 0 unspecified atom stereocenters. The largest absolute Gasteiger partial charge is 0.272 e. The zero-order valence-corrected chi connectivity index (χ0v) is 19.1. The molecule has 0 saturated carbocycles. The summed E-state index contributed by atoms with van der Waals surface area (Å²) in [5.74, 6) is 0. The van der Waals surface area contributed by atoms with Crippen LogP contribution in [-0.2, 0) is 0 Å². The van der Waals surface area contributed by atoms with Gasteiger partial charge in [-0.1, -0.05) is 42.8 Å². The lowest BCUT2D eigenvalue weighted by molar-refractivity contribution is 0.673. The molecule has 6 heteroatoms. The molecule has 0 aliphatic heterocycles. The van der Waals surface area contributed by atoms with Crippen LogP contribution in [0.4, 0.5) is 5.69 Å². The molecule has 0 aliphatic carbocycles. The first kappa shape index (κ1) is 20.9. The van der Waals surface area contributed by atoms with Crippen molar-refractivity contribution in [2.75, 3.05) is 20.3 Å². The van der Waals surface area contributed by atoms with Crippen molar-refractivity contribution in [1.82, 2.24) is 14.5 Å². The molecular weight excluding hydrogens is 387 g/mol. The molecule has 148 valence electrons. The summed E-state index contributed by atoms with van der Waals surface area (Å²) < 4.78 is 9.63. The van der Waals surface area contributed by atoms with E-state index < -0.39 is 7.21 Å². The minimum atomic E-state index is -2.02. The summed E-state index contributed by atoms with van der Waals surface area (Å²) in [6, 6.07) is 16.3. The number of benzene rings is 2. The highest BCUT2D eigenvalue weighted by molar-refractivity contribution is 7.71. The highest BCUT2D eigenvalue weighted by Crippen LogP contribution is 2.54. The summed E-state index contributed by atoms with van der Waals surface area (Å²) in [5.41, 5.74) is 5.24. The van der Waals surface area contributed by atoms with E-state index in [-0.39, 0.29) is 0 Å². The number of nitrogens with zero attached hydrogens (tertiary/aromatic N) is 4. The van der Waals surface area contributed by atoms with Gasteiger partial charge in [0.15, 0.2) is 0 Å². The van der Waals surface area contributed by atoms with Crippen molar-refractivity contribution >= 4 is 29.8 Å². The van der Waals surface area contributed by atoms with Crippen LogP contribution in [0.3, 0.4) is 0 Å². The van der Waals surface area contributed by atoms with Crippen LogP contribution < -0.4 is 5.30 Å². The molecule has 0 fully saturated rings. The third-order valence-electron chi connectivity index (χ3n) is 5.15. The molecule has 2 aromatic carbocycles. The van der Waals surface area contributed by atoms with E-state index in [1.54, 1.807) is 0 Å². The lowest BCUT2D eigenvalue weighted by atomic mass is 10.2. The van der Waals surface area contributed by atoms with Crippen LogP contribution in [0.25, 0.3) is 5.69 Å². The quantitative estimate of drug-likeness (QED) is 0.472. The number of hydrogen-bond acceptors (Lipinski definition) is 2. The maximum absolute atomic E-state index is 6.38. The minimum Gasteiger partial charge on any atom is -0.272 e. The molecular formula is C22H28ClN4P. The Labute approximate surface area is 173 Å². The Hall–Kier alpha value is -1.87. The van der Waals surface area contributed by atoms with Gasteiger partial charge < -0.3 is 0 Å². The Morgan fingerprint density at radius 2 is 1.75 bits per heavy atom. The normalized spacial score (nSPS) is 13.6. The summed E-state index contributed by atoms with van der Waals surface area (Å²) >= 11 is 6.38.